The van der Waals surface area contributed by atoms with Crippen LogP contribution in [0, 0.1) is 0 Å². The Bertz CT molecular complexity index is 222. The van der Waals surface area contributed by atoms with Crippen LogP contribution in [0.1, 0.15) is 19.3 Å². The van der Waals surface area contributed by atoms with Gasteiger partial charge in [0.2, 0.25) is 0 Å². The quantitative estimate of drug-likeness (QED) is 0.522. The molecule has 0 fully saturated rings. The fraction of sp³-hybridized carbons (Fsp3) is 0.429. The van der Waals surface area contributed by atoms with Crippen LogP contribution in [0.3, 0.4) is 0 Å². The molecule has 0 amide bonds. The first-order valence-corrected chi connectivity index (χ1v) is 11.1. The Hall–Kier alpha value is -0.250. The van der Waals surface area contributed by atoms with Crippen LogP contribution in [-0.4, -0.2) is 13.2 Å². The molecule has 3 heteroatoms. The molecule has 0 aromatic carbocycles. The van der Waals surface area contributed by atoms with Crippen molar-refractivity contribution in [2.45, 2.75) is 23.9 Å². The van der Waals surface area contributed by atoms with Crippen LogP contribution in [-0.2, 0) is 22.9 Å². The van der Waals surface area contributed by atoms with Gasteiger partial charge in [-0.1, -0.05) is 25.0 Å². The van der Waals surface area contributed by atoms with Gasteiger partial charge in [-0.3, -0.25) is 0 Å². The summed E-state index contributed by atoms with van der Waals surface area (Å²) in [7, 11) is 0. The zero-order chi connectivity index (χ0) is 13.4. The molecule has 0 aromatic heterocycles. The van der Waals surface area contributed by atoms with Gasteiger partial charge in [0.25, 0.3) is 0 Å². The first-order valence-electron chi connectivity index (χ1n) is 5.68. The van der Waals surface area contributed by atoms with E-state index in [1.165, 1.54) is 6.42 Å². The summed E-state index contributed by atoms with van der Waals surface area (Å²) in [5.41, 5.74) is 0. The van der Waals surface area contributed by atoms with E-state index in [4.69, 9.17) is 0 Å². The normalized spacial score (nSPS) is 11.1. The minimum atomic E-state index is -0.221. The van der Waals surface area contributed by atoms with Gasteiger partial charge in [0, 0.05) is 0 Å². The Morgan fingerprint density at radius 2 is 1.76 bits per heavy atom. The summed E-state index contributed by atoms with van der Waals surface area (Å²) in [6.07, 6.45) is 12.4. The molecular weight excluding hydrogens is 379 g/mol. The summed E-state index contributed by atoms with van der Waals surface area (Å²) in [6.45, 7) is 6.65. The van der Waals surface area contributed by atoms with Gasteiger partial charge in [-0.05, 0) is 0 Å². The van der Waals surface area contributed by atoms with Crippen LogP contribution in [0.5, 0.6) is 0 Å². The fourth-order valence-corrected chi connectivity index (χ4v) is 2.90. The zero-order valence-corrected chi connectivity index (χ0v) is 14.2. The van der Waals surface area contributed by atoms with Gasteiger partial charge in [0.1, 0.15) is 0 Å². The molecule has 0 spiro atoms. The number of rotatable bonds is 5. The van der Waals surface area contributed by atoms with Crippen LogP contribution in [0.15, 0.2) is 46.9 Å². The predicted octanol–water partition coefficient (Wildman–Crippen LogP) is 1.81. The maximum atomic E-state index is 9.46. The molecule has 0 radical (unpaired) electrons. The van der Waals surface area contributed by atoms with E-state index in [-0.39, 0.29) is 36.1 Å². The summed E-state index contributed by atoms with van der Waals surface area (Å²) < 4.78 is 4.14. The van der Waals surface area contributed by atoms with Gasteiger partial charge in [0.15, 0.2) is 0 Å². The number of hydrogen-bond donors (Lipinski definition) is 0. The van der Waals surface area contributed by atoms with E-state index in [2.05, 4.69) is 36.1 Å². The molecule has 0 N–H and O–H groups in total. The van der Waals surface area contributed by atoms with Gasteiger partial charge in [-0.15, -0.1) is 26.4 Å². The van der Waals surface area contributed by atoms with Crippen LogP contribution < -0.4 is 10.2 Å². The second-order valence-electron chi connectivity index (χ2n) is 3.14. The second kappa shape index (κ2) is 18.1. The molecule has 17 heavy (non-hydrogen) atoms. The average molecular weight is 401 g/mol. The van der Waals surface area contributed by atoms with E-state index >= 15 is 0 Å². The number of allylic oxidation sites excluding steroid dienone is 4. The monoisotopic (exact) mass is 402 g/mol. The van der Waals surface area contributed by atoms with Crippen LogP contribution in [0.2, 0.25) is 4.68 Å². The third kappa shape index (κ3) is 18.3. The molecule has 1 aliphatic carbocycles. The van der Waals surface area contributed by atoms with Crippen molar-refractivity contribution in [3.05, 3.63) is 46.9 Å². The van der Waals surface area contributed by atoms with Crippen molar-refractivity contribution < 1.29 is 33.1 Å². The molecule has 0 aliphatic heterocycles. The van der Waals surface area contributed by atoms with Gasteiger partial charge in [-0.2, -0.15) is 0 Å². The van der Waals surface area contributed by atoms with E-state index in [1.54, 1.807) is 15.5 Å². The first-order chi connectivity index (χ1) is 8.26. The topological polar surface area (TPSA) is 46.1 Å². The van der Waals surface area contributed by atoms with E-state index in [0.717, 1.165) is 0 Å². The maximum absolute atomic E-state index is 9.46. The summed E-state index contributed by atoms with van der Waals surface area (Å²) in [5.74, 6) is 0. The van der Waals surface area contributed by atoms with E-state index in [0.29, 0.717) is 12.8 Å². The van der Waals surface area contributed by atoms with Crippen LogP contribution >= 0.6 is 0 Å². The fourth-order valence-electron chi connectivity index (χ4n) is 0.799. The molecule has 0 atom stereocenters. The van der Waals surface area contributed by atoms with E-state index in [9.17, 15) is 10.2 Å². The van der Waals surface area contributed by atoms with Crippen molar-refractivity contribution in [3.8, 4) is 0 Å². The van der Waals surface area contributed by atoms with Crippen molar-refractivity contribution >= 4 is 0 Å². The van der Waals surface area contributed by atoms with Gasteiger partial charge in [-0.25, -0.2) is 0 Å². The number of hydrogen-bond acceptors (Lipinski definition) is 2. The summed E-state index contributed by atoms with van der Waals surface area (Å²) in [5, 5.41) is 18.9. The van der Waals surface area contributed by atoms with E-state index in [1.807, 2.05) is 0 Å². The average Bonchev–Trinajstić information content (AvgIpc) is 2.85. The summed E-state index contributed by atoms with van der Waals surface area (Å²) >= 11 is -0.221. The third-order valence-corrected chi connectivity index (χ3v) is 5.38. The van der Waals surface area contributed by atoms with Crippen molar-refractivity contribution in [2.75, 3.05) is 13.2 Å². The Morgan fingerprint density at radius 3 is 1.88 bits per heavy atom. The zero-order valence-electron chi connectivity index (χ0n) is 10.7. The third-order valence-electron chi connectivity index (χ3n) is 1.74. The van der Waals surface area contributed by atoms with Gasteiger partial charge in [0.05, 0.1) is 0 Å². The van der Waals surface area contributed by atoms with Crippen molar-refractivity contribution in [3.63, 3.8) is 0 Å². The van der Waals surface area contributed by atoms with Crippen LogP contribution in [0.4, 0.5) is 0 Å². The molecule has 0 saturated heterocycles. The molecule has 0 saturated carbocycles. The summed E-state index contributed by atoms with van der Waals surface area (Å²) in [4.78, 5) is 0. The molecule has 1 rings (SSSR count). The molecular formula is C14H22HfO2. The SMILES string of the molecule is C=CCC[O-].C=CCC[O-].[CH3][Hf+2][C]1=CC=CC1. The predicted molar refractivity (Wildman–Crippen MR) is 67.1 cm³/mol. The van der Waals surface area contributed by atoms with Crippen molar-refractivity contribution in [2.24, 2.45) is 0 Å². The molecule has 0 bridgehead atoms. The van der Waals surface area contributed by atoms with E-state index < -0.39 is 0 Å². The molecule has 0 unspecified atom stereocenters. The Labute approximate surface area is 117 Å². The Morgan fingerprint density at radius 1 is 1.24 bits per heavy atom. The molecule has 0 aromatic rings. The van der Waals surface area contributed by atoms with Crippen LogP contribution in [0.25, 0.3) is 0 Å². The molecule has 0 heterocycles. The van der Waals surface area contributed by atoms with Gasteiger partial charge < -0.3 is 10.2 Å². The Balaban J connectivity index is 0. The first kappa shape index (κ1) is 19.1. The van der Waals surface area contributed by atoms with Crippen molar-refractivity contribution in [1.29, 1.82) is 0 Å². The summed E-state index contributed by atoms with van der Waals surface area (Å²) in [6, 6.07) is 0. The van der Waals surface area contributed by atoms with Crippen molar-refractivity contribution in [1.82, 2.24) is 0 Å². The standard InChI is InChI=1S/C5H5.2C4H7O.CH3.Hf/c1-2-4-5-3-1;2*1-2-3-4-5;;/h1-3H,4H2;2*2H,1,3-4H2;1H3;/q;2*-1;;+2. The Kier molecular flexibility index (Phi) is 20.4. The van der Waals surface area contributed by atoms with Gasteiger partial charge >= 0.3 is 55.6 Å². The molecule has 2 nitrogen and oxygen atoms in total. The molecule has 1 aliphatic rings. The molecule has 94 valence electrons. The minimum absolute atomic E-state index is 0.0243. The second-order valence-corrected chi connectivity index (χ2v) is 7.24.